The Morgan fingerprint density at radius 1 is 0.288 bits per heavy atom. The molecule has 24 aromatic heterocycles. The van der Waals surface area contributed by atoms with E-state index in [2.05, 4.69) is 176 Å². The van der Waals surface area contributed by atoms with Gasteiger partial charge in [0.05, 0.1) is 71.5 Å². The number of oxazole rings is 6. The average molecular weight is 3000 g/mol. The summed E-state index contributed by atoms with van der Waals surface area (Å²) in [6.45, 7) is 37.8. The second-order valence-corrected chi connectivity index (χ2v) is 35.0. The summed E-state index contributed by atoms with van der Waals surface area (Å²) in [5.74, 6) is 9.00. The SMILES string of the molecule is Cc1cc2cc3oc(C)cc3cc2o1.Cc1cc2nc3oc(C)cc3[nH]c-2c1.Cc1ccc(-c2ccc(C)cn2)nc1.Cc1cccc(-c2cccc(C)n2)n1.Cc1nc2[c-]c3nc(C)oc3[c-]c2o1.Cc1nc2cc3nc(C)oc3nc2o1.Cc1nc2nc3nc(C)[n-]c3cc2[n-]1.Cc1nc2nc3nc(C)[n-]c3nc2[n-]1.Cc1nc2nc3oc(C)nc3nc2o1.Cc1nc2nc3sc(C)nc3cc2s1.[W].[W].[W].[W].[W].[W]. The normalized spacial score (nSPS) is 10.8. The van der Waals surface area contributed by atoms with Gasteiger partial charge in [0.2, 0.25) is 28.4 Å². The van der Waals surface area contributed by atoms with Gasteiger partial charge in [0.1, 0.15) is 55.3 Å². The van der Waals surface area contributed by atoms with Crippen LogP contribution in [0.2, 0.25) is 0 Å². The zero-order chi connectivity index (χ0) is 97.6. The standard InChI is InChI=1S/2C12H12N2.C12H10O2.C11H10N2O.C10H6N2O2.C9H7N5.C9H7N3O2.C9H7N3S2.C8H6N6.C8H6N4O2.6W/c1-9-3-5-11(13-7-9)12-6-4-10(2)8-14-12;1-9-5-3-7-11(13-9)12-8-4-6-10(2)14-12;1-7-3-9-5-12-10(4-8(2)14-12)6-11(9)13-7;1-6-3-8-9(4-6)13-11-10(12-8)5-7(2)14-11;1-5-11-7-3-8-10(4-9(7)13-5)14-6(2)12-8;1-4-10-6-3-7-9(13-5(2)11-7)14-8(6)12-4;1-4-10-6-3-7-9(12-8(6)13-4)14-5(2)11-7;1-4-10-6-3-7-8(11-5(2)13-7)12-9(6)14-4;1-3-9-5-6(10-3)14-8-7(13-5)11-4(2)12-8;1-3-9-5-7(13-3)12-6-8(11-5)14-4(2)10-6;;;;;;/h2*3-8H,1-2H3;3-6H,1-2H3;3-5,12H,1-2H3;1-2H3;3*3H,1-2H3;2*1-2H3;;;;;;/q;;;;2*-2;;;-2;;;;;;;. The number of aromatic amines is 1. The fraction of sp³-hybridized carbons (Fsp3) is 0.200. The van der Waals surface area contributed by atoms with Crippen molar-refractivity contribution in [2.24, 2.45) is 0 Å². The first-order valence-corrected chi connectivity index (χ1v) is 45.4. The van der Waals surface area contributed by atoms with Crippen LogP contribution in [0.1, 0.15) is 114 Å². The minimum atomic E-state index is 0. The zero-order valence-electron chi connectivity index (χ0n) is 81.7. The molecule has 0 saturated carbocycles. The maximum atomic E-state index is 5.54. The van der Waals surface area contributed by atoms with E-state index in [0.29, 0.717) is 154 Å². The van der Waals surface area contributed by atoms with E-state index in [0.717, 1.165) is 144 Å². The summed E-state index contributed by atoms with van der Waals surface area (Å²) in [4.78, 5) is 123. The summed E-state index contributed by atoms with van der Waals surface area (Å²) in [7, 11) is 0. The van der Waals surface area contributed by atoms with Gasteiger partial charge in [-0.1, -0.05) is 64.5 Å². The first-order valence-electron chi connectivity index (χ1n) is 43.7. The fourth-order valence-electron chi connectivity index (χ4n) is 14.6. The monoisotopic (exact) mass is 3000 g/mol. The second kappa shape index (κ2) is 47.0. The topological polar surface area (TPSA) is 500 Å². The predicted molar refractivity (Wildman–Crippen MR) is 528 cm³/mol. The number of furan rings is 3. The van der Waals surface area contributed by atoms with Crippen LogP contribution in [0.3, 0.4) is 0 Å². The molecule has 1 N–H and O–H groups in total. The van der Waals surface area contributed by atoms with Gasteiger partial charge in [-0.15, -0.1) is 22.4 Å². The van der Waals surface area contributed by atoms with E-state index in [1.54, 1.807) is 78.1 Å². The maximum Gasteiger partial charge on any atom is 0.268 e. The first kappa shape index (κ1) is 110. The summed E-state index contributed by atoms with van der Waals surface area (Å²) < 4.78 is 49.2. The van der Waals surface area contributed by atoms with E-state index in [4.69, 9.17) is 39.8 Å². The van der Waals surface area contributed by atoms with Crippen LogP contribution in [0.4, 0.5) is 0 Å². The molecule has 0 amide bonds. The number of hydrogen-bond donors (Lipinski definition) is 1. The first-order chi connectivity index (χ1) is 67.3. The molecule has 0 spiro atoms. The predicted octanol–water partition coefficient (Wildman–Crippen LogP) is 21.5. The van der Waals surface area contributed by atoms with Gasteiger partial charge >= 0.3 is 0 Å². The van der Waals surface area contributed by atoms with Gasteiger partial charge in [0.15, 0.2) is 41.0 Å². The van der Waals surface area contributed by atoms with Crippen molar-refractivity contribution in [2.45, 2.75) is 138 Å². The summed E-state index contributed by atoms with van der Waals surface area (Å²) in [6, 6.07) is 45.9. The van der Waals surface area contributed by atoms with Crippen molar-refractivity contribution in [3.05, 3.63) is 260 Å². The Bertz CT molecular complexity index is 7340. The van der Waals surface area contributed by atoms with Crippen molar-refractivity contribution < 1.29 is 166 Å². The van der Waals surface area contributed by atoms with Crippen molar-refractivity contribution in [2.75, 3.05) is 0 Å². The second-order valence-electron chi connectivity index (χ2n) is 32.6. The van der Waals surface area contributed by atoms with Gasteiger partial charge < -0.3 is 99.6 Å². The number of nitrogens with one attached hydrogen (secondary N) is 1. The van der Waals surface area contributed by atoms with Crippen molar-refractivity contribution in [1.82, 2.24) is 145 Å². The summed E-state index contributed by atoms with van der Waals surface area (Å²) in [5, 5.41) is 4.32. The molecule has 0 unspecified atom stereocenters. The molecule has 25 heterocycles. The number of pyridine rings is 7. The number of rotatable bonds is 2. The van der Waals surface area contributed by atoms with Crippen LogP contribution in [-0.2, 0) is 126 Å². The molecule has 2 aliphatic rings. The van der Waals surface area contributed by atoms with Crippen LogP contribution >= 0.6 is 22.7 Å². The van der Waals surface area contributed by atoms with E-state index in [9.17, 15) is 0 Å². The number of imidazole rings is 4. The zero-order valence-corrected chi connectivity index (χ0v) is 101. The quantitative estimate of drug-likeness (QED) is 0.157. The van der Waals surface area contributed by atoms with Crippen molar-refractivity contribution >= 4 is 189 Å². The van der Waals surface area contributed by atoms with Crippen molar-refractivity contribution in [3.63, 3.8) is 0 Å². The third kappa shape index (κ3) is 26.0. The van der Waals surface area contributed by atoms with E-state index in [1.165, 1.54) is 16.7 Å². The number of thiazole rings is 2. The number of hydrogen-bond acceptors (Lipinski definition) is 35. The van der Waals surface area contributed by atoms with Crippen molar-refractivity contribution in [3.8, 4) is 34.2 Å². The number of H-pyrrole nitrogens is 1. The molecular formula is C100H83N29O9S2W6-6. The van der Waals surface area contributed by atoms with Crippen LogP contribution < -0.4 is 19.9 Å². The van der Waals surface area contributed by atoms with Gasteiger partial charge in [-0.25, -0.2) is 41.0 Å². The molecule has 0 atom stereocenters. The van der Waals surface area contributed by atoms with E-state index in [-0.39, 0.29) is 126 Å². The molecule has 1 aliphatic carbocycles. The number of benzene rings is 2. The number of nitrogens with zero attached hydrogens (tertiary/aromatic N) is 28. The molecular weight excluding hydrogens is 2920 g/mol. The average Bonchev–Trinajstić information content (AvgIpc) is 1.68. The summed E-state index contributed by atoms with van der Waals surface area (Å²) >= 11 is 3.29. The van der Waals surface area contributed by atoms with Gasteiger partial charge in [-0.3, -0.25) is 31.0 Å². The molecule has 0 bridgehead atoms. The van der Waals surface area contributed by atoms with Crippen LogP contribution in [-0.4, -0.2) is 125 Å². The minimum Gasteiger partial charge on any atom is -0.531 e. The molecule has 0 radical (unpaired) electrons. The Kier molecular flexibility index (Phi) is 35.3. The third-order valence-electron chi connectivity index (χ3n) is 20.5. The van der Waals surface area contributed by atoms with Crippen LogP contribution in [0.5, 0.6) is 0 Å². The van der Waals surface area contributed by atoms with E-state index >= 15 is 0 Å². The Morgan fingerprint density at radius 3 is 1.25 bits per heavy atom. The Balaban J connectivity index is 0.000000135. The molecule has 0 saturated heterocycles. The van der Waals surface area contributed by atoms with Crippen LogP contribution in [0.25, 0.3) is 200 Å². The van der Waals surface area contributed by atoms with Crippen LogP contribution in [0.15, 0.2) is 173 Å². The van der Waals surface area contributed by atoms with Gasteiger partial charge in [-0.05, 0) is 215 Å². The Morgan fingerprint density at radius 2 is 0.753 bits per heavy atom. The Labute approximate surface area is 923 Å². The minimum absolute atomic E-state index is 0. The molecule has 736 valence electrons. The summed E-state index contributed by atoms with van der Waals surface area (Å²) in [6.07, 6.45) is 3.72. The van der Waals surface area contributed by atoms with Crippen molar-refractivity contribution in [1.29, 1.82) is 0 Å². The molecule has 146 heavy (non-hydrogen) atoms. The smallest absolute Gasteiger partial charge is 0.268 e. The van der Waals surface area contributed by atoms with E-state index in [1.807, 2.05) is 198 Å². The molecule has 46 heteroatoms. The largest absolute Gasteiger partial charge is 0.531 e. The van der Waals surface area contributed by atoms with Gasteiger partial charge in [0.25, 0.3) is 11.4 Å². The van der Waals surface area contributed by atoms with Gasteiger partial charge in [0, 0.05) is 226 Å². The molecule has 38 nitrogen and oxygen atoms in total. The van der Waals surface area contributed by atoms with Gasteiger partial charge in [-0.2, -0.15) is 24.9 Å². The number of aromatic nitrogens is 29. The Hall–Kier alpha value is -13.4. The molecule has 28 rings (SSSR count). The third-order valence-corrected chi connectivity index (χ3v) is 22.3. The summed E-state index contributed by atoms with van der Waals surface area (Å²) in [5.41, 5.74) is 28.2. The molecule has 1 aliphatic heterocycles. The maximum absolute atomic E-state index is 5.54. The van der Waals surface area contributed by atoms with E-state index < -0.39 is 0 Å². The molecule has 0 fully saturated rings. The molecule has 26 aromatic rings. The molecule has 2 aromatic carbocycles. The number of fused-ring (bicyclic) bond motifs is 16. The van der Waals surface area contributed by atoms with Crippen LogP contribution in [0, 0.1) is 151 Å². The fourth-order valence-corrected chi connectivity index (χ4v) is 16.2. The number of aryl methyl sites for hydroxylation is 20.